The molecule has 1 aromatic heterocycles. The Hall–Kier alpha value is -2.58. The number of hydrogen-bond acceptors (Lipinski definition) is 4. The highest BCUT2D eigenvalue weighted by Gasteiger charge is 2.19. The van der Waals surface area contributed by atoms with Gasteiger partial charge in [-0.3, -0.25) is 4.79 Å². The lowest BCUT2D eigenvalue weighted by Crippen LogP contribution is -2.30. The normalized spacial score (nSPS) is 10.0. The molecule has 102 valence electrons. The van der Waals surface area contributed by atoms with E-state index in [4.69, 9.17) is 15.4 Å². The van der Waals surface area contributed by atoms with Crippen LogP contribution in [0.15, 0.2) is 46.9 Å². The summed E-state index contributed by atoms with van der Waals surface area (Å²) in [6.07, 6.45) is 0. The molecule has 5 heteroatoms. The van der Waals surface area contributed by atoms with E-state index in [9.17, 15) is 4.79 Å². The molecule has 0 unspecified atom stereocenters. The van der Waals surface area contributed by atoms with Crippen LogP contribution in [0, 0.1) is 11.3 Å². The molecule has 1 amide bonds. The summed E-state index contributed by atoms with van der Waals surface area (Å²) in [5.74, 6) is 0.441. The second-order valence-electron chi connectivity index (χ2n) is 4.28. The Kier molecular flexibility index (Phi) is 4.53. The molecule has 0 saturated carbocycles. The van der Waals surface area contributed by atoms with Crippen LogP contribution in [0.4, 0.5) is 0 Å². The maximum Gasteiger partial charge on any atom is 0.290 e. The van der Waals surface area contributed by atoms with Crippen molar-refractivity contribution in [2.45, 2.75) is 13.1 Å². The van der Waals surface area contributed by atoms with E-state index in [-0.39, 0.29) is 24.8 Å². The predicted octanol–water partition coefficient (Wildman–Crippen LogP) is 1.90. The fourth-order valence-electron chi connectivity index (χ4n) is 1.85. The first-order chi connectivity index (χ1) is 9.74. The number of carbonyl (C=O) groups is 1. The molecule has 20 heavy (non-hydrogen) atoms. The molecule has 0 saturated heterocycles. The quantitative estimate of drug-likeness (QED) is 0.840. The number of nitrogens with two attached hydrogens (primary N) is 1. The van der Waals surface area contributed by atoms with Gasteiger partial charge in [0.2, 0.25) is 0 Å². The van der Waals surface area contributed by atoms with Crippen LogP contribution in [-0.2, 0) is 13.1 Å². The highest BCUT2D eigenvalue weighted by atomic mass is 16.4. The first-order valence-electron chi connectivity index (χ1n) is 6.23. The van der Waals surface area contributed by atoms with Crippen molar-refractivity contribution in [2.75, 3.05) is 6.54 Å². The van der Waals surface area contributed by atoms with Gasteiger partial charge in [0.1, 0.15) is 12.3 Å². The Labute approximate surface area is 117 Å². The van der Waals surface area contributed by atoms with Crippen LogP contribution < -0.4 is 5.73 Å². The van der Waals surface area contributed by atoms with Gasteiger partial charge in [0.05, 0.1) is 12.6 Å². The zero-order chi connectivity index (χ0) is 14.4. The van der Waals surface area contributed by atoms with Crippen molar-refractivity contribution in [3.05, 3.63) is 59.5 Å². The summed E-state index contributed by atoms with van der Waals surface area (Å²) < 4.78 is 5.33. The average Bonchev–Trinajstić information content (AvgIpc) is 2.96. The minimum Gasteiger partial charge on any atom is -0.455 e. The third-order valence-electron chi connectivity index (χ3n) is 2.84. The fourth-order valence-corrected chi connectivity index (χ4v) is 1.85. The van der Waals surface area contributed by atoms with Gasteiger partial charge in [-0.15, -0.1) is 0 Å². The minimum absolute atomic E-state index is 0.00634. The van der Waals surface area contributed by atoms with E-state index in [2.05, 4.69) is 0 Å². The molecule has 0 aliphatic rings. The number of amides is 1. The molecular formula is C15H15N3O2. The molecule has 2 aromatic rings. The summed E-state index contributed by atoms with van der Waals surface area (Å²) in [7, 11) is 0. The Morgan fingerprint density at radius 3 is 2.60 bits per heavy atom. The van der Waals surface area contributed by atoms with Crippen molar-refractivity contribution >= 4 is 5.91 Å². The molecule has 5 nitrogen and oxygen atoms in total. The number of hydrogen-bond donors (Lipinski definition) is 1. The van der Waals surface area contributed by atoms with Crippen LogP contribution >= 0.6 is 0 Å². The highest BCUT2D eigenvalue weighted by molar-refractivity contribution is 5.91. The van der Waals surface area contributed by atoms with Gasteiger partial charge in [-0.05, 0) is 17.7 Å². The van der Waals surface area contributed by atoms with Gasteiger partial charge in [0, 0.05) is 6.54 Å². The van der Waals surface area contributed by atoms with Crippen molar-refractivity contribution < 1.29 is 9.21 Å². The summed E-state index contributed by atoms with van der Waals surface area (Å²) >= 11 is 0. The van der Waals surface area contributed by atoms with E-state index >= 15 is 0 Å². The molecule has 0 fully saturated rings. The molecule has 0 radical (unpaired) electrons. The van der Waals surface area contributed by atoms with Gasteiger partial charge < -0.3 is 15.1 Å². The second-order valence-corrected chi connectivity index (χ2v) is 4.28. The number of rotatable bonds is 5. The molecular weight excluding hydrogens is 254 g/mol. The summed E-state index contributed by atoms with van der Waals surface area (Å²) in [5.41, 5.74) is 6.41. The summed E-state index contributed by atoms with van der Waals surface area (Å²) in [4.78, 5) is 13.7. The molecule has 1 aromatic carbocycles. The van der Waals surface area contributed by atoms with Crippen molar-refractivity contribution in [2.24, 2.45) is 5.73 Å². The van der Waals surface area contributed by atoms with Crippen molar-refractivity contribution in [1.29, 1.82) is 5.26 Å². The Morgan fingerprint density at radius 2 is 2.00 bits per heavy atom. The van der Waals surface area contributed by atoms with Crippen LogP contribution in [0.2, 0.25) is 0 Å². The Balaban J connectivity index is 2.15. The lowest BCUT2D eigenvalue weighted by atomic mass is 10.2. The molecule has 1 heterocycles. The SMILES string of the molecule is N#CCN(Cc1ccccc1)C(=O)c1ccc(CN)o1. The molecule has 2 N–H and O–H groups in total. The fraction of sp³-hybridized carbons (Fsp3) is 0.200. The highest BCUT2D eigenvalue weighted by Crippen LogP contribution is 2.13. The summed E-state index contributed by atoms with van der Waals surface area (Å²) in [6.45, 7) is 0.614. The molecule has 2 rings (SSSR count). The zero-order valence-corrected chi connectivity index (χ0v) is 11.0. The van der Waals surface area contributed by atoms with Crippen LogP contribution in [0.3, 0.4) is 0 Å². The van der Waals surface area contributed by atoms with Crippen LogP contribution in [0.5, 0.6) is 0 Å². The number of benzene rings is 1. The number of nitrogens with zero attached hydrogens (tertiary/aromatic N) is 2. The van der Waals surface area contributed by atoms with E-state index in [0.717, 1.165) is 5.56 Å². The van der Waals surface area contributed by atoms with Crippen molar-refractivity contribution in [3.63, 3.8) is 0 Å². The first kappa shape index (κ1) is 13.8. The van der Waals surface area contributed by atoms with Gasteiger partial charge in [0.25, 0.3) is 5.91 Å². The monoisotopic (exact) mass is 269 g/mol. The predicted molar refractivity (Wildman–Crippen MR) is 73.4 cm³/mol. The van der Waals surface area contributed by atoms with Crippen LogP contribution in [0.1, 0.15) is 21.9 Å². The molecule has 0 atom stereocenters. The van der Waals surface area contributed by atoms with Gasteiger partial charge in [-0.1, -0.05) is 30.3 Å². The van der Waals surface area contributed by atoms with Gasteiger partial charge >= 0.3 is 0 Å². The third kappa shape index (κ3) is 3.25. The summed E-state index contributed by atoms with van der Waals surface area (Å²) in [6, 6.07) is 14.8. The van der Waals surface area contributed by atoms with E-state index in [1.165, 1.54) is 4.90 Å². The minimum atomic E-state index is -0.310. The van der Waals surface area contributed by atoms with Crippen molar-refractivity contribution in [3.8, 4) is 6.07 Å². The van der Waals surface area contributed by atoms with E-state index in [1.54, 1.807) is 12.1 Å². The first-order valence-corrected chi connectivity index (χ1v) is 6.23. The maximum atomic E-state index is 12.3. The van der Waals surface area contributed by atoms with E-state index in [1.807, 2.05) is 36.4 Å². The topological polar surface area (TPSA) is 83.3 Å². The van der Waals surface area contributed by atoms with E-state index in [0.29, 0.717) is 12.3 Å². The zero-order valence-electron chi connectivity index (χ0n) is 11.0. The number of nitriles is 1. The van der Waals surface area contributed by atoms with Crippen molar-refractivity contribution in [1.82, 2.24) is 4.90 Å². The van der Waals surface area contributed by atoms with Gasteiger partial charge in [0.15, 0.2) is 5.76 Å². The smallest absolute Gasteiger partial charge is 0.290 e. The molecule has 0 aliphatic heterocycles. The van der Waals surface area contributed by atoms with Crippen LogP contribution in [-0.4, -0.2) is 17.4 Å². The third-order valence-corrected chi connectivity index (χ3v) is 2.84. The Morgan fingerprint density at radius 1 is 1.25 bits per heavy atom. The second kappa shape index (κ2) is 6.55. The lowest BCUT2D eigenvalue weighted by Gasteiger charge is -2.18. The lowest BCUT2D eigenvalue weighted by molar-refractivity contribution is 0.0731. The number of furan rings is 1. The molecule has 0 spiro atoms. The number of carbonyl (C=O) groups excluding carboxylic acids is 1. The van der Waals surface area contributed by atoms with Crippen LogP contribution in [0.25, 0.3) is 0 Å². The van der Waals surface area contributed by atoms with E-state index < -0.39 is 0 Å². The van der Waals surface area contributed by atoms with Gasteiger partial charge in [-0.2, -0.15) is 5.26 Å². The molecule has 0 bridgehead atoms. The summed E-state index contributed by atoms with van der Waals surface area (Å²) in [5, 5.41) is 8.87. The van der Waals surface area contributed by atoms with Gasteiger partial charge in [-0.25, -0.2) is 0 Å². The average molecular weight is 269 g/mol. The standard InChI is InChI=1S/C15H15N3O2/c16-8-9-18(11-12-4-2-1-3-5-12)15(19)14-7-6-13(10-17)20-14/h1-7H,9-11,17H2. The largest absolute Gasteiger partial charge is 0.455 e. The Bertz CT molecular complexity index is 614. The maximum absolute atomic E-state index is 12.3. The molecule has 0 aliphatic carbocycles.